The van der Waals surface area contributed by atoms with Gasteiger partial charge in [-0.25, -0.2) is 0 Å². The zero-order valence-electron chi connectivity index (χ0n) is 13.2. The van der Waals surface area contributed by atoms with Crippen LogP contribution < -0.4 is 5.73 Å². The second-order valence-electron chi connectivity index (χ2n) is 5.92. The van der Waals surface area contributed by atoms with E-state index in [1.807, 2.05) is 11.0 Å². The summed E-state index contributed by atoms with van der Waals surface area (Å²) in [4.78, 5) is 16.5. The number of hydrogen-bond acceptors (Lipinski definition) is 3. The molecule has 1 aliphatic rings. The number of amides is 1. The van der Waals surface area contributed by atoms with Crippen molar-refractivity contribution in [2.75, 3.05) is 19.6 Å². The molecule has 0 bridgehead atoms. The van der Waals surface area contributed by atoms with Crippen LogP contribution in [0.2, 0.25) is 0 Å². The number of carbonyl (C=O) groups excluding carboxylic acids is 1. The maximum Gasteiger partial charge on any atom is 0.239 e. The highest BCUT2D eigenvalue weighted by atomic mass is 16.2. The Morgan fingerprint density at radius 2 is 2.14 bits per heavy atom. The Kier molecular flexibility index (Phi) is 5.76. The summed E-state index contributed by atoms with van der Waals surface area (Å²) in [5, 5.41) is 0. The lowest BCUT2D eigenvalue weighted by Gasteiger charge is -2.39. The number of benzene rings is 1. The molecule has 0 unspecified atom stereocenters. The normalized spacial score (nSPS) is 20.6. The van der Waals surface area contributed by atoms with Gasteiger partial charge in [0.05, 0.1) is 6.04 Å². The predicted octanol–water partition coefficient (Wildman–Crippen LogP) is 1.85. The summed E-state index contributed by atoms with van der Waals surface area (Å²) in [5.74, 6) is 0.0791. The van der Waals surface area contributed by atoms with Crippen molar-refractivity contribution in [3.8, 4) is 0 Å². The molecule has 1 heterocycles. The fourth-order valence-corrected chi connectivity index (χ4v) is 3.06. The Balaban J connectivity index is 1.99. The van der Waals surface area contributed by atoms with Gasteiger partial charge in [-0.2, -0.15) is 0 Å². The smallest absolute Gasteiger partial charge is 0.239 e. The summed E-state index contributed by atoms with van der Waals surface area (Å²) >= 11 is 0. The third-order valence-electron chi connectivity index (χ3n) is 4.25. The highest BCUT2D eigenvalue weighted by Gasteiger charge is 2.28. The largest absolute Gasteiger partial charge is 0.340 e. The molecular formula is C17H27N3O. The van der Waals surface area contributed by atoms with Crippen molar-refractivity contribution in [3.05, 3.63) is 35.9 Å². The summed E-state index contributed by atoms with van der Waals surface area (Å²) in [6, 6.07) is 10.6. The van der Waals surface area contributed by atoms with Crippen molar-refractivity contribution in [1.82, 2.24) is 9.80 Å². The monoisotopic (exact) mass is 289 g/mol. The third kappa shape index (κ3) is 4.29. The van der Waals surface area contributed by atoms with Gasteiger partial charge in [-0.1, -0.05) is 37.3 Å². The minimum Gasteiger partial charge on any atom is -0.340 e. The van der Waals surface area contributed by atoms with Crippen molar-refractivity contribution in [1.29, 1.82) is 0 Å². The van der Waals surface area contributed by atoms with Crippen molar-refractivity contribution >= 4 is 5.91 Å². The summed E-state index contributed by atoms with van der Waals surface area (Å²) in [6.07, 6.45) is 2.22. The Bertz CT molecular complexity index is 447. The van der Waals surface area contributed by atoms with Crippen LogP contribution >= 0.6 is 0 Å². The van der Waals surface area contributed by atoms with E-state index < -0.39 is 6.04 Å². The molecule has 1 aromatic carbocycles. The first-order valence-corrected chi connectivity index (χ1v) is 7.94. The van der Waals surface area contributed by atoms with E-state index in [-0.39, 0.29) is 5.91 Å². The van der Waals surface area contributed by atoms with E-state index >= 15 is 0 Å². The topological polar surface area (TPSA) is 49.6 Å². The molecular weight excluding hydrogens is 262 g/mol. The lowest BCUT2D eigenvalue weighted by atomic mass is 10.0. The van der Waals surface area contributed by atoms with Crippen LogP contribution in [0.15, 0.2) is 30.3 Å². The average molecular weight is 289 g/mol. The van der Waals surface area contributed by atoms with E-state index in [4.69, 9.17) is 5.73 Å². The number of carbonyl (C=O) groups is 1. The number of likely N-dealkylation sites (N-methyl/N-ethyl adjacent to an activating group) is 1. The standard InChI is InChI=1S/C17H27N3O/c1-3-19(12-15-8-5-4-6-9-15)16-10-7-11-20(13-16)17(21)14(2)18/h4-6,8-9,14,16H,3,7,10-13,18H2,1-2H3/t14-,16-/m0/s1. The fraction of sp³-hybridized carbons (Fsp3) is 0.588. The molecule has 1 fully saturated rings. The van der Waals surface area contributed by atoms with Crippen LogP contribution in [-0.4, -0.2) is 47.4 Å². The molecule has 1 aliphatic heterocycles. The van der Waals surface area contributed by atoms with E-state index in [1.165, 1.54) is 5.56 Å². The molecule has 0 spiro atoms. The Morgan fingerprint density at radius 1 is 1.43 bits per heavy atom. The highest BCUT2D eigenvalue weighted by Crippen LogP contribution is 2.18. The van der Waals surface area contributed by atoms with Crippen LogP contribution in [0.25, 0.3) is 0 Å². The van der Waals surface area contributed by atoms with Gasteiger partial charge in [0, 0.05) is 25.7 Å². The number of piperidine rings is 1. The molecule has 1 amide bonds. The SMILES string of the molecule is CCN(Cc1ccccc1)[C@H]1CCCN(C(=O)[C@H](C)N)C1. The minimum absolute atomic E-state index is 0.0791. The molecule has 0 radical (unpaired) electrons. The van der Waals surface area contributed by atoms with E-state index in [2.05, 4.69) is 36.1 Å². The highest BCUT2D eigenvalue weighted by molar-refractivity contribution is 5.81. The quantitative estimate of drug-likeness (QED) is 0.900. The van der Waals surface area contributed by atoms with Crippen molar-refractivity contribution < 1.29 is 4.79 Å². The summed E-state index contributed by atoms with van der Waals surface area (Å²) in [7, 11) is 0. The number of nitrogens with zero attached hydrogens (tertiary/aromatic N) is 2. The molecule has 4 heteroatoms. The maximum atomic E-state index is 12.1. The minimum atomic E-state index is -0.395. The molecule has 2 rings (SSSR count). The van der Waals surface area contributed by atoms with Gasteiger partial charge in [0.1, 0.15) is 0 Å². The Hall–Kier alpha value is -1.39. The van der Waals surface area contributed by atoms with Crippen LogP contribution in [0, 0.1) is 0 Å². The second-order valence-corrected chi connectivity index (χ2v) is 5.92. The lowest BCUT2D eigenvalue weighted by Crippen LogP contribution is -2.52. The summed E-state index contributed by atoms with van der Waals surface area (Å²) in [6.45, 7) is 7.56. The fourth-order valence-electron chi connectivity index (χ4n) is 3.06. The Morgan fingerprint density at radius 3 is 2.76 bits per heavy atom. The van der Waals surface area contributed by atoms with Crippen molar-refractivity contribution in [3.63, 3.8) is 0 Å². The number of rotatable bonds is 5. The zero-order valence-corrected chi connectivity index (χ0v) is 13.2. The molecule has 0 aromatic heterocycles. The van der Waals surface area contributed by atoms with Crippen LogP contribution in [0.3, 0.4) is 0 Å². The summed E-state index contributed by atoms with van der Waals surface area (Å²) in [5.41, 5.74) is 7.07. The lowest BCUT2D eigenvalue weighted by molar-refractivity contribution is -0.134. The number of nitrogens with two attached hydrogens (primary N) is 1. The number of likely N-dealkylation sites (tertiary alicyclic amines) is 1. The molecule has 21 heavy (non-hydrogen) atoms. The Labute approximate surface area is 127 Å². The molecule has 2 atom stereocenters. The van der Waals surface area contributed by atoms with Crippen molar-refractivity contribution in [2.24, 2.45) is 5.73 Å². The molecule has 2 N–H and O–H groups in total. The van der Waals surface area contributed by atoms with Gasteiger partial charge >= 0.3 is 0 Å². The van der Waals surface area contributed by atoms with Gasteiger partial charge in [-0.15, -0.1) is 0 Å². The van der Waals surface area contributed by atoms with Gasteiger partial charge in [0.15, 0.2) is 0 Å². The first kappa shape index (κ1) is 16.0. The third-order valence-corrected chi connectivity index (χ3v) is 4.25. The van der Waals surface area contributed by atoms with Crippen LogP contribution in [0.1, 0.15) is 32.3 Å². The van der Waals surface area contributed by atoms with Gasteiger partial charge in [-0.05, 0) is 31.9 Å². The maximum absolute atomic E-state index is 12.1. The van der Waals surface area contributed by atoms with Crippen LogP contribution in [-0.2, 0) is 11.3 Å². The van der Waals surface area contributed by atoms with Gasteiger partial charge in [-0.3, -0.25) is 9.69 Å². The van der Waals surface area contributed by atoms with E-state index in [0.29, 0.717) is 6.04 Å². The molecule has 1 aromatic rings. The number of hydrogen-bond donors (Lipinski definition) is 1. The molecule has 1 saturated heterocycles. The van der Waals surface area contributed by atoms with E-state index in [0.717, 1.165) is 39.0 Å². The van der Waals surface area contributed by atoms with Gasteiger partial charge in [0.25, 0.3) is 0 Å². The van der Waals surface area contributed by atoms with E-state index in [1.54, 1.807) is 6.92 Å². The average Bonchev–Trinajstić information content (AvgIpc) is 2.53. The summed E-state index contributed by atoms with van der Waals surface area (Å²) < 4.78 is 0. The first-order chi connectivity index (χ1) is 10.1. The zero-order chi connectivity index (χ0) is 15.2. The van der Waals surface area contributed by atoms with Crippen LogP contribution in [0.5, 0.6) is 0 Å². The van der Waals surface area contributed by atoms with Gasteiger partial charge < -0.3 is 10.6 Å². The predicted molar refractivity (Wildman–Crippen MR) is 85.8 cm³/mol. The second kappa shape index (κ2) is 7.57. The molecule has 0 saturated carbocycles. The van der Waals surface area contributed by atoms with Crippen LogP contribution in [0.4, 0.5) is 0 Å². The molecule has 4 nitrogen and oxygen atoms in total. The van der Waals surface area contributed by atoms with Crippen molar-refractivity contribution in [2.45, 2.75) is 45.3 Å². The molecule has 0 aliphatic carbocycles. The van der Waals surface area contributed by atoms with E-state index in [9.17, 15) is 4.79 Å². The molecule has 116 valence electrons. The van der Waals surface area contributed by atoms with Gasteiger partial charge in [0.2, 0.25) is 5.91 Å². The first-order valence-electron chi connectivity index (χ1n) is 7.94.